The Balaban J connectivity index is 2.13. The highest BCUT2D eigenvalue weighted by Crippen LogP contribution is 2.21. The highest BCUT2D eigenvalue weighted by Gasteiger charge is 2.07. The second-order valence-electron chi connectivity index (χ2n) is 3.86. The van der Waals surface area contributed by atoms with Crippen LogP contribution in [0, 0.1) is 6.92 Å². The molecule has 0 aliphatic carbocycles. The van der Waals surface area contributed by atoms with Crippen LogP contribution in [0.3, 0.4) is 0 Å². The highest BCUT2D eigenvalue weighted by molar-refractivity contribution is 7.11. The first-order chi connectivity index (χ1) is 8.19. The predicted octanol–water partition coefficient (Wildman–Crippen LogP) is 4.13. The van der Waals surface area contributed by atoms with E-state index in [9.17, 15) is 0 Å². The number of anilines is 1. The van der Waals surface area contributed by atoms with Crippen molar-refractivity contribution in [2.24, 2.45) is 0 Å². The monoisotopic (exact) mass is 266 g/mol. The van der Waals surface area contributed by atoms with E-state index in [4.69, 9.17) is 11.6 Å². The molecule has 0 spiro atoms. The van der Waals surface area contributed by atoms with Crippen molar-refractivity contribution >= 4 is 28.6 Å². The van der Waals surface area contributed by atoms with E-state index in [1.165, 1.54) is 10.6 Å². The number of benzene rings is 1. The van der Waals surface area contributed by atoms with E-state index in [0.717, 1.165) is 23.1 Å². The number of hydrogen-bond donors (Lipinski definition) is 0. The van der Waals surface area contributed by atoms with Crippen LogP contribution in [0.25, 0.3) is 0 Å². The first kappa shape index (κ1) is 12.4. The van der Waals surface area contributed by atoms with E-state index >= 15 is 0 Å². The molecule has 0 N–H and O–H groups in total. The lowest BCUT2D eigenvalue weighted by molar-refractivity contribution is 0.825. The minimum Gasteiger partial charge on any atom is -0.365 e. The molecule has 0 amide bonds. The van der Waals surface area contributed by atoms with Crippen molar-refractivity contribution in [3.63, 3.8) is 0 Å². The van der Waals surface area contributed by atoms with Gasteiger partial charge >= 0.3 is 0 Å². The molecular weight excluding hydrogens is 252 g/mol. The lowest BCUT2D eigenvalue weighted by Crippen LogP contribution is -2.21. The molecule has 2 nitrogen and oxygen atoms in total. The van der Waals surface area contributed by atoms with Gasteiger partial charge in [-0.25, -0.2) is 4.98 Å². The summed E-state index contributed by atoms with van der Waals surface area (Å²) in [4.78, 5) is 7.94. The summed E-state index contributed by atoms with van der Waals surface area (Å²) in [6.07, 6.45) is 1.93. The van der Waals surface area contributed by atoms with Crippen LogP contribution in [0.5, 0.6) is 0 Å². The van der Waals surface area contributed by atoms with Crippen LogP contribution in [0.15, 0.2) is 30.5 Å². The number of thiazole rings is 1. The van der Waals surface area contributed by atoms with Crippen molar-refractivity contribution in [3.8, 4) is 0 Å². The molecule has 0 bridgehead atoms. The molecule has 2 rings (SSSR count). The fraction of sp³-hybridized carbons (Fsp3) is 0.308. The van der Waals surface area contributed by atoms with Gasteiger partial charge in [0.1, 0.15) is 5.01 Å². The molecule has 0 unspecified atom stereocenters. The van der Waals surface area contributed by atoms with Gasteiger partial charge in [-0.3, -0.25) is 0 Å². The highest BCUT2D eigenvalue weighted by atomic mass is 35.5. The number of nitrogens with zero attached hydrogens (tertiary/aromatic N) is 2. The van der Waals surface area contributed by atoms with Crippen LogP contribution < -0.4 is 4.90 Å². The van der Waals surface area contributed by atoms with Gasteiger partial charge in [0.2, 0.25) is 0 Å². The molecule has 1 aromatic carbocycles. The number of rotatable bonds is 4. The van der Waals surface area contributed by atoms with Gasteiger partial charge in [0.25, 0.3) is 0 Å². The Bertz CT molecular complexity index is 478. The number of hydrogen-bond acceptors (Lipinski definition) is 3. The van der Waals surface area contributed by atoms with Gasteiger partial charge in [-0.15, -0.1) is 11.3 Å². The molecule has 0 fully saturated rings. The zero-order valence-electron chi connectivity index (χ0n) is 9.98. The summed E-state index contributed by atoms with van der Waals surface area (Å²) in [6, 6.07) is 7.94. The minimum atomic E-state index is 0.773. The van der Waals surface area contributed by atoms with Crippen molar-refractivity contribution < 1.29 is 0 Å². The summed E-state index contributed by atoms with van der Waals surface area (Å²) in [7, 11) is 0. The molecule has 0 aliphatic rings. The minimum absolute atomic E-state index is 0.773. The van der Waals surface area contributed by atoms with E-state index in [1.54, 1.807) is 11.3 Å². The maximum Gasteiger partial charge on any atom is 0.112 e. The topological polar surface area (TPSA) is 16.1 Å². The van der Waals surface area contributed by atoms with Crippen LogP contribution in [-0.4, -0.2) is 11.5 Å². The van der Waals surface area contributed by atoms with E-state index in [2.05, 4.69) is 23.7 Å². The lowest BCUT2D eigenvalue weighted by atomic mass is 10.3. The first-order valence-corrected chi connectivity index (χ1v) is 6.80. The fourth-order valence-corrected chi connectivity index (χ4v) is 2.60. The van der Waals surface area contributed by atoms with Gasteiger partial charge in [-0.05, 0) is 38.1 Å². The molecule has 0 radical (unpaired) electrons. The zero-order chi connectivity index (χ0) is 12.3. The van der Waals surface area contributed by atoms with Gasteiger partial charge in [-0.2, -0.15) is 0 Å². The number of aromatic nitrogens is 1. The predicted molar refractivity (Wildman–Crippen MR) is 75.0 cm³/mol. The third-order valence-corrected chi connectivity index (χ3v) is 3.72. The fourth-order valence-electron chi connectivity index (χ4n) is 1.68. The van der Waals surface area contributed by atoms with Crippen LogP contribution in [-0.2, 0) is 6.54 Å². The second-order valence-corrected chi connectivity index (χ2v) is 5.61. The van der Waals surface area contributed by atoms with Crippen LogP contribution >= 0.6 is 22.9 Å². The summed E-state index contributed by atoms with van der Waals surface area (Å²) in [5.74, 6) is 0. The van der Waals surface area contributed by atoms with Gasteiger partial charge in [0, 0.05) is 28.3 Å². The Hall–Kier alpha value is -1.06. The second kappa shape index (κ2) is 5.52. The van der Waals surface area contributed by atoms with Gasteiger partial charge in [-0.1, -0.05) is 11.6 Å². The van der Waals surface area contributed by atoms with E-state index in [0.29, 0.717) is 0 Å². The van der Waals surface area contributed by atoms with Gasteiger partial charge in [0.05, 0.1) is 6.54 Å². The standard InChI is InChI=1S/C13H15ClN2S/c1-3-16(9-13-15-8-10(2)17-13)12-6-4-11(14)5-7-12/h4-8H,3,9H2,1-2H3. The molecule has 1 aromatic heterocycles. The van der Waals surface area contributed by atoms with Crippen molar-refractivity contribution in [2.45, 2.75) is 20.4 Å². The summed E-state index contributed by atoms with van der Waals surface area (Å²) < 4.78 is 0. The summed E-state index contributed by atoms with van der Waals surface area (Å²) in [6.45, 7) is 6.05. The summed E-state index contributed by atoms with van der Waals surface area (Å²) in [5.41, 5.74) is 1.18. The molecule has 17 heavy (non-hydrogen) atoms. The van der Waals surface area contributed by atoms with E-state index in [1.807, 2.05) is 30.5 Å². The summed E-state index contributed by atoms with van der Waals surface area (Å²) >= 11 is 7.64. The van der Waals surface area contributed by atoms with Crippen molar-refractivity contribution in [1.29, 1.82) is 0 Å². The van der Waals surface area contributed by atoms with Gasteiger partial charge < -0.3 is 4.90 Å². The van der Waals surface area contributed by atoms with Crippen LogP contribution in [0.4, 0.5) is 5.69 Å². The molecule has 1 heterocycles. The number of aryl methyl sites for hydroxylation is 1. The molecule has 0 aliphatic heterocycles. The first-order valence-electron chi connectivity index (χ1n) is 5.61. The Morgan fingerprint density at radius 1 is 1.29 bits per heavy atom. The molecule has 0 saturated heterocycles. The SMILES string of the molecule is CCN(Cc1ncc(C)s1)c1ccc(Cl)cc1. The number of halogens is 1. The van der Waals surface area contributed by atoms with Crippen molar-refractivity contribution in [1.82, 2.24) is 4.98 Å². The van der Waals surface area contributed by atoms with Gasteiger partial charge in [0.15, 0.2) is 0 Å². The Morgan fingerprint density at radius 2 is 2.00 bits per heavy atom. The maximum atomic E-state index is 5.89. The largest absolute Gasteiger partial charge is 0.365 e. The maximum absolute atomic E-state index is 5.89. The molecule has 4 heteroatoms. The van der Waals surface area contributed by atoms with E-state index < -0.39 is 0 Å². The Morgan fingerprint density at radius 3 is 2.53 bits per heavy atom. The molecule has 0 saturated carbocycles. The quantitative estimate of drug-likeness (QED) is 0.827. The molecule has 90 valence electrons. The lowest BCUT2D eigenvalue weighted by Gasteiger charge is -2.21. The average molecular weight is 267 g/mol. The third-order valence-electron chi connectivity index (χ3n) is 2.57. The average Bonchev–Trinajstić information content (AvgIpc) is 2.73. The van der Waals surface area contributed by atoms with Crippen LogP contribution in [0.2, 0.25) is 5.02 Å². The Kier molecular flexibility index (Phi) is 4.02. The summed E-state index contributed by atoms with van der Waals surface area (Å²) in [5, 5.41) is 1.93. The van der Waals surface area contributed by atoms with Crippen molar-refractivity contribution in [2.75, 3.05) is 11.4 Å². The smallest absolute Gasteiger partial charge is 0.112 e. The van der Waals surface area contributed by atoms with E-state index in [-0.39, 0.29) is 0 Å². The molecule has 2 aromatic rings. The Labute approximate surface area is 111 Å². The van der Waals surface area contributed by atoms with Crippen molar-refractivity contribution in [3.05, 3.63) is 45.4 Å². The van der Waals surface area contributed by atoms with Crippen LogP contribution in [0.1, 0.15) is 16.8 Å². The zero-order valence-corrected chi connectivity index (χ0v) is 11.6. The normalized spacial score (nSPS) is 10.5. The molecular formula is C13H15ClN2S. The molecule has 0 atom stereocenters. The third kappa shape index (κ3) is 3.20.